The Labute approximate surface area is 204 Å². The molecule has 170 valence electrons. The van der Waals surface area contributed by atoms with Crippen molar-refractivity contribution in [3.63, 3.8) is 0 Å². The third-order valence-electron chi connectivity index (χ3n) is 6.15. The van der Waals surface area contributed by atoms with Gasteiger partial charge in [-0.05, 0) is 35.9 Å². The number of anilines is 2. The Hall–Kier alpha value is -3.75. The molecule has 1 N–H and O–H groups in total. The van der Waals surface area contributed by atoms with Gasteiger partial charge < -0.3 is 15.0 Å². The molecular formula is C28H25ClN4O. The smallest absolute Gasteiger partial charge is 0.147 e. The lowest BCUT2D eigenvalue weighted by molar-refractivity contribution is 0.171. The second kappa shape index (κ2) is 10.0. The molecular weight excluding hydrogens is 444 g/mol. The molecule has 1 saturated heterocycles. The highest BCUT2D eigenvalue weighted by molar-refractivity contribution is 6.30. The minimum Gasteiger partial charge on any atom is -0.490 e. The van der Waals surface area contributed by atoms with Gasteiger partial charge in [0.15, 0.2) is 0 Å². The van der Waals surface area contributed by atoms with Crippen LogP contribution in [0.5, 0.6) is 5.75 Å². The second-order valence-corrected chi connectivity index (χ2v) is 8.85. The number of nitrogens with zero attached hydrogens (tertiary/aromatic N) is 3. The van der Waals surface area contributed by atoms with E-state index < -0.39 is 0 Å². The fourth-order valence-electron chi connectivity index (χ4n) is 4.43. The molecule has 0 bridgehead atoms. The molecule has 1 aliphatic heterocycles. The normalized spacial score (nSPS) is 14.1. The maximum atomic E-state index is 10.2. The van der Waals surface area contributed by atoms with Gasteiger partial charge in [0.25, 0.3) is 0 Å². The summed E-state index contributed by atoms with van der Waals surface area (Å²) in [5, 5.41) is 15.3. The lowest BCUT2D eigenvalue weighted by Gasteiger charge is -2.35. The SMILES string of the molecule is N#Cc1c(NCc2ccc(Cl)cc2)nc2ccccc2c1N1CCC(Oc2ccccc2)CC1. The molecule has 34 heavy (non-hydrogen) atoms. The predicted octanol–water partition coefficient (Wildman–Crippen LogP) is 6.42. The summed E-state index contributed by atoms with van der Waals surface area (Å²) in [7, 11) is 0. The van der Waals surface area contributed by atoms with Crippen molar-refractivity contribution in [2.24, 2.45) is 0 Å². The van der Waals surface area contributed by atoms with Gasteiger partial charge in [0.05, 0.1) is 11.2 Å². The average molecular weight is 469 g/mol. The average Bonchev–Trinajstić information content (AvgIpc) is 2.88. The number of para-hydroxylation sites is 2. The minimum absolute atomic E-state index is 0.166. The number of benzene rings is 3. The van der Waals surface area contributed by atoms with Crippen LogP contribution in [0.3, 0.4) is 0 Å². The molecule has 0 amide bonds. The highest BCUT2D eigenvalue weighted by Gasteiger charge is 2.26. The molecule has 0 atom stereocenters. The highest BCUT2D eigenvalue weighted by Crippen LogP contribution is 2.36. The summed E-state index contributed by atoms with van der Waals surface area (Å²) in [6, 6.07) is 28.1. The molecule has 5 rings (SSSR count). The molecule has 1 aromatic heterocycles. The first kappa shape index (κ1) is 22.1. The van der Waals surface area contributed by atoms with Gasteiger partial charge in [-0.1, -0.05) is 60.1 Å². The van der Waals surface area contributed by atoms with E-state index in [-0.39, 0.29) is 6.10 Å². The maximum absolute atomic E-state index is 10.2. The summed E-state index contributed by atoms with van der Waals surface area (Å²) in [5.41, 5.74) is 3.47. The van der Waals surface area contributed by atoms with Gasteiger partial charge in [-0.15, -0.1) is 0 Å². The summed E-state index contributed by atoms with van der Waals surface area (Å²) in [4.78, 5) is 7.10. The molecule has 1 fully saturated rings. The summed E-state index contributed by atoms with van der Waals surface area (Å²) in [6.07, 6.45) is 1.95. The van der Waals surface area contributed by atoms with Crippen LogP contribution < -0.4 is 15.0 Å². The van der Waals surface area contributed by atoms with Crippen LogP contribution in [0.2, 0.25) is 5.02 Å². The van der Waals surface area contributed by atoms with Gasteiger partial charge >= 0.3 is 0 Å². The Bertz CT molecular complexity index is 1310. The van der Waals surface area contributed by atoms with E-state index in [0.717, 1.165) is 53.8 Å². The van der Waals surface area contributed by atoms with Gasteiger partial charge in [-0.2, -0.15) is 5.26 Å². The van der Waals surface area contributed by atoms with Gasteiger partial charge in [0, 0.05) is 42.9 Å². The van der Waals surface area contributed by atoms with Crippen LogP contribution >= 0.6 is 11.6 Å². The Morgan fingerprint density at radius 3 is 2.41 bits per heavy atom. The first-order chi connectivity index (χ1) is 16.7. The summed E-state index contributed by atoms with van der Waals surface area (Å²) in [5.74, 6) is 1.51. The Morgan fingerprint density at radius 2 is 1.68 bits per heavy atom. The third-order valence-corrected chi connectivity index (χ3v) is 6.41. The number of pyridine rings is 1. The number of nitrogens with one attached hydrogen (secondary N) is 1. The quantitative estimate of drug-likeness (QED) is 0.353. The number of piperidine rings is 1. The topological polar surface area (TPSA) is 61.2 Å². The van der Waals surface area contributed by atoms with Crippen molar-refractivity contribution in [3.8, 4) is 11.8 Å². The van der Waals surface area contributed by atoms with E-state index in [0.29, 0.717) is 22.9 Å². The first-order valence-electron chi connectivity index (χ1n) is 11.5. The molecule has 6 heteroatoms. The molecule has 0 aliphatic carbocycles. The fourth-order valence-corrected chi connectivity index (χ4v) is 4.56. The van der Waals surface area contributed by atoms with E-state index in [2.05, 4.69) is 16.3 Å². The van der Waals surface area contributed by atoms with Crippen molar-refractivity contribution in [2.45, 2.75) is 25.5 Å². The van der Waals surface area contributed by atoms with Crippen molar-refractivity contribution in [3.05, 3.63) is 95.0 Å². The fraction of sp³-hybridized carbons (Fsp3) is 0.214. The van der Waals surface area contributed by atoms with Gasteiger partial charge in [-0.3, -0.25) is 0 Å². The Morgan fingerprint density at radius 1 is 0.971 bits per heavy atom. The maximum Gasteiger partial charge on any atom is 0.147 e. The number of hydrogen-bond acceptors (Lipinski definition) is 5. The Balaban J connectivity index is 1.41. The lowest BCUT2D eigenvalue weighted by atomic mass is 10.0. The second-order valence-electron chi connectivity index (χ2n) is 8.41. The van der Waals surface area contributed by atoms with Gasteiger partial charge in [0.1, 0.15) is 29.3 Å². The Kier molecular flexibility index (Phi) is 6.51. The zero-order valence-electron chi connectivity index (χ0n) is 18.7. The van der Waals surface area contributed by atoms with Crippen molar-refractivity contribution >= 4 is 34.0 Å². The molecule has 0 radical (unpaired) electrons. The molecule has 0 unspecified atom stereocenters. The van der Waals surface area contributed by atoms with Crippen molar-refractivity contribution in [1.82, 2.24) is 4.98 Å². The van der Waals surface area contributed by atoms with Crippen molar-refractivity contribution in [2.75, 3.05) is 23.3 Å². The number of rotatable bonds is 6. The van der Waals surface area contributed by atoms with Crippen molar-refractivity contribution < 1.29 is 4.74 Å². The van der Waals surface area contributed by atoms with Gasteiger partial charge in [0.2, 0.25) is 0 Å². The molecule has 3 aromatic carbocycles. The van der Waals surface area contributed by atoms with E-state index in [1.54, 1.807) is 0 Å². The number of hydrogen-bond donors (Lipinski definition) is 1. The van der Waals surface area contributed by atoms with Crippen LogP contribution in [0.15, 0.2) is 78.9 Å². The van der Waals surface area contributed by atoms with E-state index in [9.17, 15) is 5.26 Å². The number of fused-ring (bicyclic) bond motifs is 1. The standard InChI is InChI=1S/C28H25ClN4O/c29-21-12-10-20(11-13-21)19-31-28-25(18-30)27(24-8-4-5-9-26(24)32-28)33-16-14-23(15-17-33)34-22-6-2-1-3-7-22/h1-13,23H,14-17,19H2,(H,31,32). The largest absolute Gasteiger partial charge is 0.490 e. The zero-order chi connectivity index (χ0) is 23.3. The molecule has 2 heterocycles. The number of aromatic nitrogens is 1. The molecule has 5 nitrogen and oxygen atoms in total. The van der Waals surface area contributed by atoms with E-state index >= 15 is 0 Å². The summed E-state index contributed by atoms with van der Waals surface area (Å²) < 4.78 is 6.18. The molecule has 0 saturated carbocycles. The monoisotopic (exact) mass is 468 g/mol. The number of nitriles is 1. The zero-order valence-corrected chi connectivity index (χ0v) is 19.5. The molecule has 4 aromatic rings. The van der Waals surface area contributed by atoms with Crippen LogP contribution in [0.25, 0.3) is 10.9 Å². The molecule has 1 aliphatic rings. The van der Waals surface area contributed by atoms with Crippen LogP contribution in [0.4, 0.5) is 11.5 Å². The summed E-state index contributed by atoms with van der Waals surface area (Å²) >= 11 is 6.01. The third kappa shape index (κ3) is 4.78. The van der Waals surface area contributed by atoms with Gasteiger partial charge in [-0.25, -0.2) is 4.98 Å². The van der Waals surface area contributed by atoms with Crippen LogP contribution in [0.1, 0.15) is 24.0 Å². The minimum atomic E-state index is 0.166. The van der Waals surface area contributed by atoms with Crippen LogP contribution in [0, 0.1) is 11.3 Å². The van der Waals surface area contributed by atoms with E-state index in [1.807, 2.05) is 78.9 Å². The number of halogens is 1. The van der Waals surface area contributed by atoms with E-state index in [4.69, 9.17) is 21.3 Å². The first-order valence-corrected chi connectivity index (χ1v) is 11.9. The highest BCUT2D eigenvalue weighted by atomic mass is 35.5. The van der Waals surface area contributed by atoms with Crippen molar-refractivity contribution in [1.29, 1.82) is 5.26 Å². The lowest BCUT2D eigenvalue weighted by Crippen LogP contribution is -2.38. The van der Waals surface area contributed by atoms with E-state index in [1.165, 1.54) is 0 Å². The van der Waals surface area contributed by atoms with Crippen LogP contribution in [-0.4, -0.2) is 24.2 Å². The summed E-state index contributed by atoms with van der Waals surface area (Å²) in [6.45, 7) is 2.19. The number of ether oxygens (including phenoxy) is 1. The predicted molar refractivity (Wildman–Crippen MR) is 138 cm³/mol. The van der Waals surface area contributed by atoms with Crippen LogP contribution in [-0.2, 0) is 6.54 Å². The molecule has 0 spiro atoms.